The van der Waals surface area contributed by atoms with Crippen LogP contribution in [0.1, 0.15) is 6.42 Å². The minimum atomic E-state index is -1.82. The summed E-state index contributed by atoms with van der Waals surface area (Å²) in [7, 11) is 4.10. The molecule has 1 aromatic carbocycles. The number of benzene rings is 1. The molecule has 0 unspecified atom stereocenters. The third-order valence-corrected chi connectivity index (χ3v) is 3.96. The van der Waals surface area contributed by atoms with E-state index in [1.807, 2.05) is 24.3 Å². The van der Waals surface area contributed by atoms with Crippen molar-refractivity contribution in [2.45, 2.75) is 6.42 Å². The van der Waals surface area contributed by atoms with Gasteiger partial charge in [-0.05, 0) is 45.7 Å². The number of ether oxygens (including phenoxy) is 1. The highest BCUT2D eigenvalue weighted by Gasteiger charge is 2.15. The summed E-state index contributed by atoms with van der Waals surface area (Å²) in [6, 6.07) is 7.95. The second-order valence-electron chi connectivity index (χ2n) is 6.61. The van der Waals surface area contributed by atoms with Crippen molar-refractivity contribution in [1.82, 2.24) is 10.2 Å². The Kier molecular flexibility index (Phi) is 11.3. The Bertz CT molecular complexity index is 650. The molecule has 0 aliphatic carbocycles. The van der Waals surface area contributed by atoms with Gasteiger partial charge in [-0.15, -0.1) is 0 Å². The van der Waals surface area contributed by atoms with Crippen molar-refractivity contribution in [3.8, 4) is 0 Å². The van der Waals surface area contributed by atoms with Gasteiger partial charge in [0.05, 0.1) is 31.1 Å². The Morgan fingerprint density at radius 1 is 1.10 bits per heavy atom. The zero-order chi connectivity index (χ0) is 21.6. The Morgan fingerprint density at radius 3 is 2.31 bits per heavy atom. The van der Waals surface area contributed by atoms with Crippen LogP contribution in [0.4, 0.5) is 11.4 Å². The van der Waals surface area contributed by atoms with E-state index in [0.29, 0.717) is 6.54 Å². The van der Waals surface area contributed by atoms with E-state index >= 15 is 0 Å². The lowest BCUT2D eigenvalue weighted by atomic mass is 10.2. The maximum Gasteiger partial charge on any atom is 0.414 e. The Hall–Kier alpha value is -2.69. The number of para-hydroxylation sites is 2. The van der Waals surface area contributed by atoms with Crippen LogP contribution in [-0.2, 0) is 19.1 Å². The maximum absolute atomic E-state index is 12.1. The highest BCUT2D eigenvalue weighted by molar-refractivity contribution is 6.27. The van der Waals surface area contributed by atoms with Gasteiger partial charge in [0, 0.05) is 13.1 Å². The van der Waals surface area contributed by atoms with E-state index in [-0.39, 0.29) is 5.91 Å². The van der Waals surface area contributed by atoms with Crippen molar-refractivity contribution in [2.24, 2.45) is 0 Å². The number of carboxylic acids is 2. The number of anilines is 2. The summed E-state index contributed by atoms with van der Waals surface area (Å²) in [5, 5.41) is 21.0. The fourth-order valence-corrected chi connectivity index (χ4v) is 2.58. The molecule has 4 N–H and O–H groups in total. The number of rotatable bonds is 8. The molecule has 1 aromatic rings. The van der Waals surface area contributed by atoms with Gasteiger partial charge in [0.2, 0.25) is 5.91 Å². The largest absolute Gasteiger partial charge is 0.473 e. The van der Waals surface area contributed by atoms with Gasteiger partial charge in [-0.3, -0.25) is 4.79 Å². The highest BCUT2D eigenvalue weighted by Crippen LogP contribution is 2.26. The van der Waals surface area contributed by atoms with E-state index in [0.717, 1.165) is 57.2 Å². The first kappa shape index (κ1) is 24.3. The molecule has 0 saturated carbocycles. The molecule has 0 spiro atoms. The number of hydrogen-bond acceptors (Lipinski definition) is 7. The fraction of sp³-hybridized carbons (Fsp3) is 0.526. The molecule has 29 heavy (non-hydrogen) atoms. The number of nitrogens with zero attached hydrogens (tertiary/aromatic N) is 2. The molecule has 10 nitrogen and oxygen atoms in total. The summed E-state index contributed by atoms with van der Waals surface area (Å²) in [4.78, 5) is 34.7. The van der Waals surface area contributed by atoms with Crippen LogP contribution in [0.5, 0.6) is 0 Å². The molecule has 1 amide bonds. The fourth-order valence-electron chi connectivity index (χ4n) is 2.58. The lowest BCUT2D eigenvalue weighted by molar-refractivity contribution is -0.159. The van der Waals surface area contributed by atoms with Crippen LogP contribution in [-0.4, -0.2) is 93.0 Å². The normalized spacial score (nSPS) is 13.4. The van der Waals surface area contributed by atoms with E-state index in [9.17, 15) is 4.79 Å². The van der Waals surface area contributed by atoms with Crippen molar-refractivity contribution < 1.29 is 29.3 Å². The van der Waals surface area contributed by atoms with Gasteiger partial charge in [-0.2, -0.15) is 0 Å². The number of carbonyl (C=O) groups excluding carboxylic acids is 1. The lowest BCUT2D eigenvalue weighted by Gasteiger charge is -2.30. The molecule has 1 aliphatic rings. The average Bonchev–Trinajstić information content (AvgIpc) is 2.69. The minimum Gasteiger partial charge on any atom is -0.473 e. The molecule has 0 aromatic heterocycles. The Balaban J connectivity index is 0.000000612. The standard InChI is InChI=1S/C17H28N4O2.C2H2O4/c1-20(2)9-5-8-18-14-17(22)19-15-6-3-4-7-16(15)21-10-12-23-13-11-21;3-1(4)2(5)6/h3-4,6-7,18H,5,8-14H2,1-2H3,(H,19,22);(H,3,4)(H,5,6). The summed E-state index contributed by atoms with van der Waals surface area (Å²) < 4.78 is 5.39. The molecule has 0 atom stereocenters. The molecule has 1 fully saturated rings. The third kappa shape index (κ3) is 10.4. The molecular weight excluding hydrogens is 380 g/mol. The van der Waals surface area contributed by atoms with E-state index in [1.165, 1.54) is 0 Å². The van der Waals surface area contributed by atoms with Crippen LogP contribution in [0, 0.1) is 0 Å². The number of nitrogens with one attached hydrogen (secondary N) is 2. The molecule has 1 aliphatic heterocycles. The SMILES string of the molecule is CN(C)CCCNCC(=O)Nc1ccccc1N1CCOCC1.O=C(O)C(=O)O. The number of carboxylic acid groups (broad SMARTS) is 2. The molecule has 1 saturated heterocycles. The van der Waals surface area contributed by atoms with Crippen molar-refractivity contribution in [3.05, 3.63) is 24.3 Å². The van der Waals surface area contributed by atoms with E-state index in [4.69, 9.17) is 24.5 Å². The van der Waals surface area contributed by atoms with E-state index in [2.05, 4.69) is 34.5 Å². The van der Waals surface area contributed by atoms with Crippen LogP contribution >= 0.6 is 0 Å². The molecule has 10 heteroatoms. The second-order valence-corrected chi connectivity index (χ2v) is 6.61. The van der Waals surface area contributed by atoms with Gasteiger partial charge in [0.25, 0.3) is 0 Å². The monoisotopic (exact) mass is 410 g/mol. The smallest absolute Gasteiger partial charge is 0.414 e. The average molecular weight is 410 g/mol. The van der Waals surface area contributed by atoms with Gasteiger partial charge >= 0.3 is 11.9 Å². The lowest BCUT2D eigenvalue weighted by Crippen LogP contribution is -2.37. The van der Waals surface area contributed by atoms with E-state index in [1.54, 1.807) is 0 Å². The van der Waals surface area contributed by atoms with Gasteiger partial charge in [0.1, 0.15) is 0 Å². The van der Waals surface area contributed by atoms with E-state index < -0.39 is 11.9 Å². The van der Waals surface area contributed by atoms with Crippen molar-refractivity contribution in [2.75, 3.05) is 70.2 Å². The first-order valence-electron chi connectivity index (χ1n) is 9.34. The van der Waals surface area contributed by atoms with Crippen LogP contribution in [0.15, 0.2) is 24.3 Å². The predicted octanol–water partition coefficient (Wildman–Crippen LogP) is 0.159. The number of hydrogen-bond donors (Lipinski definition) is 4. The number of aliphatic carboxylic acids is 2. The van der Waals surface area contributed by atoms with Gasteiger partial charge in [-0.1, -0.05) is 12.1 Å². The summed E-state index contributed by atoms with van der Waals surface area (Å²) in [6.07, 6.45) is 1.03. The van der Waals surface area contributed by atoms with Crippen LogP contribution < -0.4 is 15.5 Å². The molecule has 0 bridgehead atoms. The van der Waals surface area contributed by atoms with Gasteiger partial charge < -0.3 is 35.4 Å². The summed E-state index contributed by atoms with van der Waals surface area (Å²) in [6.45, 7) is 5.38. The van der Waals surface area contributed by atoms with Crippen molar-refractivity contribution in [3.63, 3.8) is 0 Å². The molecule has 0 radical (unpaired) electrons. The number of carbonyl (C=O) groups is 3. The summed E-state index contributed by atoms with van der Waals surface area (Å²) in [5.41, 5.74) is 1.94. The second kappa shape index (κ2) is 13.5. The predicted molar refractivity (Wildman–Crippen MR) is 109 cm³/mol. The zero-order valence-corrected chi connectivity index (χ0v) is 16.9. The maximum atomic E-state index is 12.1. The molecular formula is C19H30N4O6. The quantitative estimate of drug-likeness (QED) is 0.349. The topological polar surface area (TPSA) is 131 Å². The summed E-state index contributed by atoms with van der Waals surface area (Å²) >= 11 is 0. The zero-order valence-electron chi connectivity index (χ0n) is 16.9. The number of morpholine rings is 1. The van der Waals surface area contributed by atoms with Gasteiger partial charge in [-0.25, -0.2) is 9.59 Å². The number of amides is 1. The van der Waals surface area contributed by atoms with Crippen LogP contribution in [0.25, 0.3) is 0 Å². The van der Waals surface area contributed by atoms with Crippen LogP contribution in [0.2, 0.25) is 0 Å². The molecule has 1 heterocycles. The minimum absolute atomic E-state index is 0.00411. The van der Waals surface area contributed by atoms with Gasteiger partial charge in [0.15, 0.2) is 0 Å². The first-order chi connectivity index (χ1) is 13.8. The highest BCUT2D eigenvalue weighted by atomic mass is 16.5. The van der Waals surface area contributed by atoms with Crippen molar-refractivity contribution >= 4 is 29.2 Å². The molecule has 2 rings (SSSR count). The molecule has 162 valence electrons. The van der Waals surface area contributed by atoms with Crippen molar-refractivity contribution in [1.29, 1.82) is 0 Å². The first-order valence-corrected chi connectivity index (χ1v) is 9.34. The Morgan fingerprint density at radius 2 is 1.72 bits per heavy atom. The Labute approximate surface area is 170 Å². The van der Waals surface area contributed by atoms with Crippen LogP contribution in [0.3, 0.4) is 0 Å². The summed E-state index contributed by atoms with van der Waals surface area (Å²) in [5.74, 6) is -3.65. The third-order valence-electron chi connectivity index (χ3n) is 3.96.